The number of halogens is 4. The van der Waals surface area contributed by atoms with Gasteiger partial charge in [0.15, 0.2) is 11.5 Å². The van der Waals surface area contributed by atoms with Crippen molar-refractivity contribution >= 4 is 23.2 Å². The fourth-order valence-corrected chi connectivity index (χ4v) is 1.22. The molecule has 100 valence electrons. The van der Waals surface area contributed by atoms with Gasteiger partial charge in [-0.2, -0.15) is 0 Å². The van der Waals surface area contributed by atoms with E-state index < -0.39 is 18.0 Å². The third kappa shape index (κ3) is 4.33. The summed E-state index contributed by atoms with van der Waals surface area (Å²) in [6.45, 7) is 0. The smallest absolute Gasteiger partial charge is 0.493 e. The van der Waals surface area contributed by atoms with Crippen molar-refractivity contribution in [3.8, 4) is 11.5 Å². The van der Waals surface area contributed by atoms with Gasteiger partial charge in [0.25, 0.3) is 0 Å². The third-order valence-electron chi connectivity index (χ3n) is 1.79. The van der Waals surface area contributed by atoms with E-state index in [1.54, 1.807) is 0 Å². The monoisotopic (exact) mass is 283 g/mol. The van der Waals surface area contributed by atoms with Crippen LogP contribution in [0.25, 0.3) is 0 Å². The number of hydrogen-bond acceptors (Lipinski definition) is 3. The van der Waals surface area contributed by atoms with Crippen LogP contribution in [0, 0.1) is 0 Å². The summed E-state index contributed by atoms with van der Waals surface area (Å²) in [6.07, 6.45) is -4.84. The molecule has 0 saturated heterocycles. The summed E-state index contributed by atoms with van der Waals surface area (Å²) in [6, 6.07) is 3.61. The van der Waals surface area contributed by atoms with Crippen LogP contribution in [-0.4, -0.2) is 25.3 Å². The second-order valence-corrected chi connectivity index (χ2v) is 3.36. The number of amides is 1. The first-order valence-corrected chi connectivity index (χ1v) is 5.19. The summed E-state index contributed by atoms with van der Waals surface area (Å²) in [7, 11) is 1.20. The van der Waals surface area contributed by atoms with Gasteiger partial charge in [-0.1, -0.05) is 0 Å². The van der Waals surface area contributed by atoms with Crippen LogP contribution in [0.3, 0.4) is 0 Å². The molecular weight excluding hydrogens is 275 g/mol. The maximum Gasteiger partial charge on any atom is 0.573 e. The molecule has 0 saturated carbocycles. The van der Waals surface area contributed by atoms with E-state index in [0.717, 1.165) is 6.07 Å². The number of benzene rings is 1. The van der Waals surface area contributed by atoms with Gasteiger partial charge in [0.2, 0.25) is 5.91 Å². The van der Waals surface area contributed by atoms with Crippen LogP contribution in [0.5, 0.6) is 11.5 Å². The van der Waals surface area contributed by atoms with E-state index in [4.69, 9.17) is 16.3 Å². The van der Waals surface area contributed by atoms with Crippen molar-refractivity contribution in [1.29, 1.82) is 0 Å². The summed E-state index contributed by atoms with van der Waals surface area (Å²) < 4.78 is 44.9. The minimum absolute atomic E-state index is 0.101. The summed E-state index contributed by atoms with van der Waals surface area (Å²) in [5, 5.41) is 2.30. The Bertz CT molecular complexity index is 437. The number of carbonyl (C=O) groups is 1. The standard InChI is InChI=1S/C10H9ClF3NO3/c1-17-7-3-2-6(15-9(16)5-11)4-8(7)18-10(12,13)14/h2-4H,5H2,1H3,(H,15,16). The van der Waals surface area contributed by atoms with Crippen LogP contribution in [0.2, 0.25) is 0 Å². The molecule has 0 atom stereocenters. The molecule has 0 aliphatic rings. The van der Waals surface area contributed by atoms with Crippen molar-refractivity contribution in [2.45, 2.75) is 6.36 Å². The van der Waals surface area contributed by atoms with Crippen molar-refractivity contribution in [2.24, 2.45) is 0 Å². The second kappa shape index (κ2) is 5.81. The summed E-state index contributed by atoms with van der Waals surface area (Å²) in [4.78, 5) is 11.0. The Hall–Kier alpha value is -1.63. The molecule has 1 N–H and O–H groups in total. The van der Waals surface area contributed by atoms with Gasteiger partial charge in [0, 0.05) is 11.8 Å². The lowest BCUT2D eigenvalue weighted by Gasteiger charge is -2.13. The van der Waals surface area contributed by atoms with E-state index in [1.165, 1.54) is 19.2 Å². The zero-order valence-electron chi connectivity index (χ0n) is 9.18. The highest BCUT2D eigenvalue weighted by atomic mass is 35.5. The van der Waals surface area contributed by atoms with Crippen LogP contribution >= 0.6 is 11.6 Å². The molecule has 0 spiro atoms. The van der Waals surface area contributed by atoms with Crippen molar-refractivity contribution < 1.29 is 27.4 Å². The van der Waals surface area contributed by atoms with Gasteiger partial charge in [-0.15, -0.1) is 24.8 Å². The van der Waals surface area contributed by atoms with Crippen LogP contribution in [0.1, 0.15) is 0 Å². The second-order valence-electron chi connectivity index (χ2n) is 3.10. The molecular formula is C10H9ClF3NO3. The van der Waals surface area contributed by atoms with Crippen LogP contribution in [0.4, 0.5) is 18.9 Å². The van der Waals surface area contributed by atoms with Gasteiger partial charge in [-0.05, 0) is 12.1 Å². The van der Waals surface area contributed by atoms with Gasteiger partial charge in [0.05, 0.1) is 7.11 Å². The molecule has 1 amide bonds. The van der Waals surface area contributed by atoms with Crippen molar-refractivity contribution in [2.75, 3.05) is 18.3 Å². The Morgan fingerprint density at radius 1 is 1.39 bits per heavy atom. The largest absolute Gasteiger partial charge is 0.573 e. The zero-order valence-corrected chi connectivity index (χ0v) is 9.93. The number of hydrogen-bond donors (Lipinski definition) is 1. The fraction of sp³-hybridized carbons (Fsp3) is 0.300. The topological polar surface area (TPSA) is 47.6 Å². The number of methoxy groups -OCH3 is 1. The number of rotatable bonds is 4. The summed E-state index contributed by atoms with van der Waals surface area (Å²) >= 11 is 5.26. The first kappa shape index (κ1) is 14.4. The normalized spacial score (nSPS) is 10.9. The Morgan fingerprint density at radius 3 is 2.56 bits per heavy atom. The zero-order chi connectivity index (χ0) is 13.8. The van der Waals surface area contributed by atoms with E-state index in [2.05, 4.69) is 10.1 Å². The number of ether oxygens (including phenoxy) is 2. The number of carbonyl (C=O) groups excluding carboxylic acids is 1. The molecule has 0 aromatic heterocycles. The minimum atomic E-state index is -4.84. The molecule has 0 aliphatic heterocycles. The molecule has 0 bridgehead atoms. The third-order valence-corrected chi connectivity index (χ3v) is 2.04. The van der Waals surface area contributed by atoms with Gasteiger partial charge in [-0.3, -0.25) is 4.79 Å². The van der Waals surface area contributed by atoms with Crippen molar-refractivity contribution in [3.05, 3.63) is 18.2 Å². The summed E-state index contributed by atoms with van der Waals surface area (Å²) in [5.41, 5.74) is 0.126. The lowest BCUT2D eigenvalue weighted by atomic mass is 10.2. The Labute approximate surface area is 106 Å². The molecule has 18 heavy (non-hydrogen) atoms. The molecule has 0 heterocycles. The van der Waals surface area contributed by atoms with Crippen LogP contribution < -0.4 is 14.8 Å². The van der Waals surface area contributed by atoms with Crippen molar-refractivity contribution in [3.63, 3.8) is 0 Å². The fourth-order valence-electron chi connectivity index (χ4n) is 1.15. The minimum Gasteiger partial charge on any atom is -0.493 e. The van der Waals surface area contributed by atoms with Gasteiger partial charge < -0.3 is 14.8 Å². The van der Waals surface area contributed by atoms with E-state index in [1.807, 2.05) is 0 Å². The highest BCUT2D eigenvalue weighted by Gasteiger charge is 2.32. The predicted octanol–water partition coefficient (Wildman–Crippen LogP) is 2.77. The quantitative estimate of drug-likeness (QED) is 0.865. The predicted molar refractivity (Wildman–Crippen MR) is 59.0 cm³/mol. The van der Waals surface area contributed by atoms with Gasteiger partial charge in [-0.25, -0.2) is 0 Å². The number of alkyl halides is 4. The van der Waals surface area contributed by atoms with E-state index in [9.17, 15) is 18.0 Å². The Morgan fingerprint density at radius 2 is 2.06 bits per heavy atom. The van der Waals surface area contributed by atoms with Gasteiger partial charge >= 0.3 is 6.36 Å². The lowest BCUT2D eigenvalue weighted by molar-refractivity contribution is -0.275. The first-order chi connectivity index (χ1) is 8.35. The number of nitrogens with one attached hydrogen (secondary N) is 1. The van der Waals surface area contributed by atoms with Crippen molar-refractivity contribution in [1.82, 2.24) is 0 Å². The molecule has 0 unspecified atom stereocenters. The van der Waals surface area contributed by atoms with E-state index in [-0.39, 0.29) is 17.3 Å². The van der Waals surface area contributed by atoms with Gasteiger partial charge in [0.1, 0.15) is 5.88 Å². The first-order valence-electron chi connectivity index (χ1n) is 4.65. The summed E-state index contributed by atoms with van der Waals surface area (Å²) in [5.74, 6) is -1.49. The van der Waals surface area contributed by atoms with Crippen LogP contribution in [0.15, 0.2) is 18.2 Å². The highest BCUT2D eigenvalue weighted by Crippen LogP contribution is 2.34. The Kier molecular flexibility index (Phi) is 4.66. The van der Waals surface area contributed by atoms with E-state index in [0.29, 0.717) is 0 Å². The molecule has 1 rings (SSSR count). The average Bonchev–Trinajstić information content (AvgIpc) is 2.27. The maximum atomic E-state index is 12.1. The average molecular weight is 284 g/mol. The molecule has 1 aromatic carbocycles. The maximum absolute atomic E-state index is 12.1. The molecule has 0 radical (unpaired) electrons. The Balaban J connectivity index is 2.98. The SMILES string of the molecule is COc1ccc(NC(=O)CCl)cc1OC(F)(F)F. The molecule has 4 nitrogen and oxygen atoms in total. The number of anilines is 1. The molecule has 1 aromatic rings. The molecule has 8 heteroatoms. The lowest BCUT2D eigenvalue weighted by Crippen LogP contribution is -2.18. The van der Waals surface area contributed by atoms with Crippen LogP contribution in [-0.2, 0) is 4.79 Å². The molecule has 0 aliphatic carbocycles. The van der Waals surface area contributed by atoms with E-state index >= 15 is 0 Å². The molecule has 0 fully saturated rings. The highest BCUT2D eigenvalue weighted by molar-refractivity contribution is 6.29.